The number of amides is 2. The van der Waals surface area contributed by atoms with Gasteiger partial charge < -0.3 is 10.2 Å². The van der Waals surface area contributed by atoms with Gasteiger partial charge in [0, 0.05) is 18.3 Å². The molecule has 0 bridgehead atoms. The Morgan fingerprint density at radius 2 is 1.85 bits per heavy atom. The van der Waals surface area contributed by atoms with Gasteiger partial charge in [0.05, 0.1) is 12.6 Å². The molecule has 1 aliphatic rings. The molecule has 0 saturated carbocycles. The second-order valence-electron chi connectivity index (χ2n) is 8.00. The molecule has 1 saturated heterocycles. The van der Waals surface area contributed by atoms with Gasteiger partial charge in [-0.1, -0.05) is 24.6 Å². The zero-order chi connectivity index (χ0) is 20.1. The summed E-state index contributed by atoms with van der Waals surface area (Å²) >= 11 is 0. The molecule has 2 atom stereocenters. The van der Waals surface area contributed by atoms with E-state index in [2.05, 4.69) is 31.3 Å². The summed E-state index contributed by atoms with van der Waals surface area (Å²) in [5, 5.41) is 3.02. The zero-order valence-corrected chi connectivity index (χ0v) is 17.8. The van der Waals surface area contributed by atoms with Crippen molar-refractivity contribution in [3.63, 3.8) is 0 Å². The van der Waals surface area contributed by atoms with Crippen molar-refractivity contribution in [3.05, 3.63) is 28.8 Å². The van der Waals surface area contributed by atoms with Crippen molar-refractivity contribution in [2.45, 2.75) is 72.4 Å². The molecule has 150 valence electrons. The fraction of sp³-hybridized carbons (Fsp3) is 0.636. The number of benzene rings is 1. The van der Waals surface area contributed by atoms with Crippen molar-refractivity contribution >= 4 is 17.5 Å². The molecule has 1 aromatic carbocycles. The molecule has 1 aliphatic heterocycles. The Bertz CT molecular complexity index is 663. The van der Waals surface area contributed by atoms with Gasteiger partial charge in [-0.15, -0.1) is 0 Å². The Balaban J connectivity index is 1.98. The van der Waals surface area contributed by atoms with Crippen molar-refractivity contribution in [3.8, 4) is 0 Å². The number of nitrogens with one attached hydrogen (secondary N) is 1. The number of carbonyl (C=O) groups is 2. The van der Waals surface area contributed by atoms with Crippen LogP contribution >= 0.6 is 0 Å². The number of aryl methyl sites for hydroxylation is 3. The summed E-state index contributed by atoms with van der Waals surface area (Å²) < 4.78 is 0. The minimum atomic E-state index is -0.303. The Kier molecular flexibility index (Phi) is 7.42. The highest BCUT2D eigenvalue weighted by molar-refractivity contribution is 5.94. The molecule has 0 aliphatic carbocycles. The van der Waals surface area contributed by atoms with Gasteiger partial charge >= 0.3 is 0 Å². The summed E-state index contributed by atoms with van der Waals surface area (Å²) in [6.07, 6.45) is 4.36. The smallest absolute Gasteiger partial charge is 0.239 e. The third-order valence-electron chi connectivity index (χ3n) is 5.73. The number of hydrogen-bond donors (Lipinski definition) is 1. The van der Waals surface area contributed by atoms with Crippen LogP contribution in [0, 0.1) is 20.8 Å². The van der Waals surface area contributed by atoms with Crippen LogP contribution in [0.25, 0.3) is 0 Å². The van der Waals surface area contributed by atoms with Gasteiger partial charge in [-0.25, -0.2) is 0 Å². The zero-order valence-electron chi connectivity index (χ0n) is 17.8. The number of piperidine rings is 1. The monoisotopic (exact) mass is 373 g/mol. The molecule has 0 unspecified atom stereocenters. The molecule has 5 heteroatoms. The lowest BCUT2D eigenvalue weighted by atomic mass is 9.99. The van der Waals surface area contributed by atoms with E-state index in [4.69, 9.17) is 0 Å². The Hall–Kier alpha value is -1.88. The van der Waals surface area contributed by atoms with E-state index in [9.17, 15) is 9.59 Å². The average Bonchev–Trinajstić information content (AvgIpc) is 2.63. The van der Waals surface area contributed by atoms with Crippen LogP contribution in [0.1, 0.15) is 56.2 Å². The van der Waals surface area contributed by atoms with Crippen molar-refractivity contribution in [1.29, 1.82) is 0 Å². The van der Waals surface area contributed by atoms with Crippen LogP contribution in [-0.4, -0.2) is 53.8 Å². The minimum absolute atomic E-state index is 0.0853. The molecule has 1 N–H and O–H groups in total. The Labute approximate surface area is 164 Å². The van der Waals surface area contributed by atoms with E-state index >= 15 is 0 Å². The van der Waals surface area contributed by atoms with Gasteiger partial charge in [-0.05, 0) is 71.6 Å². The molecule has 1 fully saturated rings. The maximum absolute atomic E-state index is 12.9. The number of rotatable bonds is 6. The van der Waals surface area contributed by atoms with Crippen LogP contribution < -0.4 is 5.32 Å². The lowest BCUT2D eigenvalue weighted by Gasteiger charge is -2.38. The normalized spacial score (nSPS) is 18.5. The highest BCUT2D eigenvalue weighted by Crippen LogP contribution is 2.23. The van der Waals surface area contributed by atoms with Crippen LogP contribution in [-0.2, 0) is 9.59 Å². The third-order valence-corrected chi connectivity index (χ3v) is 5.73. The highest BCUT2D eigenvalue weighted by atomic mass is 16.2. The predicted molar refractivity (Wildman–Crippen MR) is 111 cm³/mol. The first kappa shape index (κ1) is 21.4. The maximum Gasteiger partial charge on any atom is 0.239 e. The van der Waals surface area contributed by atoms with Crippen LogP contribution in [0.3, 0.4) is 0 Å². The van der Waals surface area contributed by atoms with Gasteiger partial charge in [0.1, 0.15) is 0 Å². The summed E-state index contributed by atoms with van der Waals surface area (Å²) in [5.41, 5.74) is 4.19. The van der Waals surface area contributed by atoms with Crippen molar-refractivity contribution < 1.29 is 9.59 Å². The fourth-order valence-electron chi connectivity index (χ4n) is 4.06. The van der Waals surface area contributed by atoms with E-state index in [1.807, 2.05) is 37.6 Å². The highest BCUT2D eigenvalue weighted by Gasteiger charge is 2.30. The summed E-state index contributed by atoms with van der Waals surface area (Å²) in [6.45, 7) is 11.1. The summed E-state index contributed by atoms with van der Waals surface area (Å²) in [7, 11) is 1.85. The van der Waals surface area contributed by atoms with Crippen LogP contribution in [0.15, 0.2) is 12.1 Å². The molecular formula is C22H35N3O2. The summed E-state index contributed by atoms with van der Waals surface area (Å²) in [6, 6.07) is 4.18. The van der Waals surface area contributed by atoms with E-state index in [0.717, 1.165) is 42.6 Å². The maximum atomic E-state index is 12.9. The molecule has 1 heterocycles. The van der Waals surface area contributed by atoms with Crippen molar-refractivity contribution in [2.24, 2.45) is 0 Å². The SMILES string of the molecule is CC[C@@H]1CCCCN1C(=O)[C@H](C)N(C)CC(=O)Nc1c(C)cc(C)cc1C. The quantitative estimate of drug-likeness (QED) is 0.828. The second-order valence-corrected chi connectivity index (χ2v) is 8.00. The van der Waals surface area contributed by atoms with E-state index < -0.39 is 0 Å². The standard InChI is InChI=1S/C22H35N3O2/c1-7-19-10-8-9-11-25(19)22(27)18(5)24(6)14-20(26)23-21-16(3)12-15(2)13-17(21)4/h12-13,18-19H,7-11,14H2,1-6H3,(H,23,26)/t18-,19+/m0/s1. The topological polar surface area (TPSA) is 52.7 Å². The Morgan fingerprint density at radius 1 is 1.22 bits per heavy atom. The van der Waals surface area contributed by atoms with Gasteiger partial charge in [0.15, 0.2) is 0 Å². The van der Waals surface area contributed by atoms with Gasteiger partial charge in [-0.2, -0.15) is 0 Å². The molecule has 0 aromatic heterocycles. The number of likely N-dealkylation sites (N-methyl/N-ethyl adjacent to an activating group) is 1. The summed E-state index contributed by atoms with van der Waals surface area (Å²) in [4.78, 5) is 29.4. The molecule has 5 nitrogen and oxygen atoms in total. The molecular weight excluding hydrogens is 338 g/mol. The number of likely N-dealkylation sites (tertiary alicyclic amines) is 1. The molecule has 0 spiro atoms. The first-order valence-electron chi connectivity index (χ1n) is 10.1. The van der Waals surface area contributed by atoms with E-state index in [-0.39, 0.29) is 24.4 Å². The number of hydrogen-bond acceptors (Lipinski definition) is 3. The Morgan fingerprint density at radius 3 is 2.44 bits per heavy atom. The van der Waals surface area contributed by atoms with E-state index in [1.165, 1.54) is 12.0 Å². The number of nitrogens with zero attached hydrogens (tertiary/aromatic N) is 2. The van der Waals surface area contributed by atoms with Crippen LogP contribution in [0.5, 0.6) is 0 Å². The van der Waals surface area contributed by atoms with Crippen LogP contribution in [0.2, 0.25) is 0 Å². The number of anilines is 1. The molecule has 2 rings (SSSR count). The summed E-state index contributed by atoms with van der Waals surface area (Å²) in [5.74, 6) is 0.0532. The molecule has 1 aromatic rings. The molecule has 0 radical (unpaired) electrons. The lowest BCUT2D eigenvalue weighted by Crippen LogP contribution is -2.52. The first-order valence-corrected chi connectivity index (χ1v) is 10.1. The first-order chi connectivity index (χ1) is 12.7. The van der Waals surface area contributed by atoms with E-state index in [0.29, 0.717) is 6.04 Å². The van der Waals surface area contributed by atoms with E-state index in [1.54, 1.807) is 0 Å². The fourth-order valence-corrected chi connectivity index (χ4v) is 4.06. The molecule has 27 heavy (non-hydrogen) atoms. The average molecular weight is 374 g/mol. The lowest BCUT2D eigenvalue weighted by molar-refractivity contribution is -0.140. The number of carbonyl (C=O) groups excluding carboxylic acids is 2. The third kappa shape index (κ3) is 5.32. The predicted octanol–water partition coefficient (Wildman–Crippen LogP) is 3.66. The van der Waals surface area contributed by atoms with Gasteiger partial charge in [0.25, 0.3) is 0 Å². The minimum Gasteiger partial charge on any atom is -0.338 e. The largest absolute Gasteiger partial charge is 0.338 e. The van der Waals surface area contributed by atoms with Gasteiger partial charge in [-0.3, -0.25) is 14.5 Å². The van der Waals surface area contributed by atoms with Crippen molar-refractivity contribution in [1.82, 2.24) is 9.80 Å². The van der Waals surface area contributed by atoms with Gasteiger partial charge in [0.2, 0.25) is 11.8 Å². The van der Waals surface area contributed by atoms with Crippen LogP contribution in [0.4, 0.5) is 5.69 Å². The second kappa shape index (κ2) is 9.36. The van der Waals surface area contributed by atoms with Crippen molar-refractivity contribution in [2.75, 3.05) is 25.5 Å². The molecule has 2 amide bonds.